The Morgan fingerprint density at radius 3 is 0.514 bits per heavy atom. The average Bonchev–Trinajstić information content (AvgIpc) is 1.65. The minimum absolute atomic E-state index is 0. The summed E-state index contributed by atoms with van der Waals surface area (Å²) in [7, 11) is 0. The van der Waals surface area contributed by atoms with Crippen molar-refractivity contribution < 1.29 is 98.1 Å². The molecule has 0 bridgehead atoms. The third-order valence-electron chi connectivity index (χ3n) is 35.9. The van der Waals surface area contributed by atoms with Crippen molar-refractivity contribution in [3.05, 3.63) is 38.5 Å². The van der Waals surface area contributed by atoms with Crippen molar-refractivity contribution in [2.75, 3.05) is 0 Å². The molecule has 0 amide bonds. The van der Waals surface area contributed by atoms with E-state index in [1.54, 1.807) is 263 Å². The average molecular weight is 1670 g/mol. The molecule has 3 radical (unpaired) electrons. The summed E-state index contributed by atoms with van der Waals surface area (Å²) in [6, 6.07) is 0. The van der Waals surface area contributed by atoms with Gasteiger partial charge in [-0.25, -0.2) is 0 Å². The van der Waals surface area contributed by atoms with Crippen LogP contribution in [0.25, 0.3) is 0 Å². The summed E-state index contributed by atoms with van der Waals surface area (Å²) in [6.07, 6.45) is 122. The van der Waals surface area contributed by atoms with Crippen LogP contribution in [0.2, 0.25) is 0 Å². The predicted octanol–water partition coefficient (Wildman–Crippen LogP) is 31.7. The van der Waals surface area contributed by atoms with Gasteiger partial charge in [0.2, 0.25) is 0 Å². The minimum atomic E-state index is 0. The van der Waals surface area contributed by atoms with E-state index in [0.717, 1.165) is 53.3 Å². The number of fused-ring (bicyclic) bond motifs is 15. The van der Waals surface area contributed by atoms with Gasteiger partial charge in [0, 0.05) is 98.1 Å². The van der Waals surface area contributed by atoms with Crippen LogP contribution in [0.4, 0.5) is 0 Å². The third-order valence-corrected chi connectivity index (χ3v) is 35.9. The summed E-state index contributed by atoms with van der Waals surface area (Å²) in [5.41, 5.74) is 0. The van der Waals surface area contributed by atoms with Crippen LogP contribution in [0, 0.1) is 192 Å². The van der Waals surface area contributed by atoms with Crippen molar-refractivity contribution in [3.63, 3.8) is 0 Å². The topological polar surface area (TPSA) is 0 Å². The van der Waals surface area contributed by atoms with E-state index in [-0.39, 0.29) is 98.1 Å². The normalized spacial score (nSPS) is 43.8. The van der Waals surface area contributed by atoms with Gasteiger partial charge in [0.15, 0.2) is 0 Å². The van der Waals surface area contributed by atoms with Crippen LogP contribution in [-0.2, 0) is 98.1 Å². The van der Waals surface area contributed by atoms with Crippen molar-refractivity contribution in [1.29, 1.82) is 0 Å². The van der Waals surface area contributed by atoms with E-state index in [9.17, 15) is 0 Å². The van der Waals surface area contributed by atoms with Crippen LogP contribution in [0.1, 0.15) is 449 Å². The zero-order valence-corrected chi connectivity index (χ0v) is 78.2. The molecule has 21 aliphatic rings. The number of hydrogen-bond acceptors (Lipinski definition) is 0. The van der Waals surface area contributed by atoms with Gasteiger partial charge in [0.1, 0.15) is 0 Å². The van der Waals surface area contributed by atoms with Crippen molar-refractivity contribution >= 4 is 0 Å². The van der Waals surface area contributed by atoms with Gasteiger partial charge in [-0.3, -0.25) is 0 Å². The van der Waals surface area contributed by atoms with E-state index in [0.29, 0.717) is 0 Å². The monoisotopic (exact) mass is 1660 g/mol. The van der Waals surface area contributed by atoms with Crippen LogP contribution >= 0.6 is 0 Å². The van der Waals surface area contributed by atoms with Gasteiger partial charge < -0.3 is 38.5 Å². The molecule has 0 spiro atoms. The molecule has 0 aromatic carbocycles. The van der Waals surface area contributed by atoms with E-state index in [1.807, 2.05) is 0 Å². The zero-order chi connectivity index (χ0) is 68.8. The maximum absolute atomic E-state index is 2.62. The molecule has 26 unspecified atom stereocenters. The first-order valence-corrected chi connectivity index (χ1v) is 49.6. The summed E-state index contributed by atoms with van der Waals surface area (Å²) in [5, 5.41) is 0. The second-order valence-electron chi connectivity index (χ2n) is 41.9. The first-order valence-electron chi connectivity index (χ1n) is 49.6. The van der Waals surface area contributed by atoms with Crippen LogP contribution in [0.15, 0.2) is 0 Å². The fraction of sp³-hybridized carbons (Fsp3) is 0.941. The molecule has 26 atom stereocenters. The van der Waals surface area contributed by atoms with Gasteiger partial charge in [-0.2, -0.15) is 74.0 Å². The molecule has 21 saturated carbocycles. The van der Waals surface area contributed by atoms with Crippen LogP contribution < -0.4 is 0 Å². The predicted molar refractivity (Wildman–Crippen MR) is 440 cm³/mol. The van der Waals surface area contributed by atoms with Crippen molar-refractivity contribution in [3.8, 4) is 0 Å². The number of rotatable bonds is 6. The van der Waals surface area contributed by atoms with Crippen molar-refractivity contribution in [1.82, 2.24) is 0 Å². The van der Waals surface area contributed by atoms with E-state index in [2.05, 4.69) is 38.5 Å². The van der Waals surface area contributed by atoms with Gasteiger partial charge in [-0.05, 0) is 215 Å². The second-order valence-corrected chi connectivity index (χ2v) is 41.9. The Kier molecular flexibility index (Phi) is 41.6. The smallest absolute Gasteiger partial charge is 0 e. The summed E-state index contributed by atoms with van der Waals surface area (Å²) in [5.74, 6) is 29.3. The summed E-state index contributed by atoms with van der Waals surface area (Å²) >= 11 is 0. The molecule has 105 heavy (non-hydrogen) atoms. The molecule has 0 saturated heterocycles. The molecular weight excluding hydrogens is 1490 g/mol. The molecule has 0 aromatic rings. The second kappa shape index (κ2) is 49.0. The van der Waals surface area contributed by atoms with Crippen molar-refractivity contribution in [2.45, 2.75) is 449 Å². The Bertz CT molecular complexity index is 2170. The molecular formula is C102H172Y3-6. The molecule has 0 aliphatic heterocycles. The SMILES string of the molecule is C1CC2CC3CCCC3C2C1.C1CCC2C(C1)CC1CCCC12.C1CCC2C(C1)CC1CCCCC12.C1CCC2CC3CCCC3C2CC1.C1CCC2CC3CCCCC3C2CC1.[CH-]1CCCC1CC1[CH-]CCCC1.[CH-]1CCCCC1CC1[CH-]CCCC1.[CH-]1CCCCC1CC1[CH-]CCCCC1.[Y].[Y].[Y]. The quantitative estimate of drug-likeness (QED) is 0.184. The van der Waals surface area contributed by atoms with Gasteiger partial charge in [0.25, 0.3) is 0 Å². The summed E-state index contributed by atoms with van der Waals surface area (Å²) < 4.78 is 0. The maximum atomic E-state index is 2.62. The molecule has 0 nitrogen and oxygen atoms in total. The third kappa shape index (κ3) is 26.7. The van der Waals surface area contributed by atoms with E-state index in [4.69, 9.17) is 0 Å². The molecule has 21 fully saturated rings. The molecule has 21 aliphatic carbocycles. The summed E-state index contributed by atoms with van der Waals surface area (Å²) in [4.78, 5) is 0. The minimum Gasteiger partial charge on any atom is -0.326 e. The van der Waals surface area contributed by atoms with E-state index in [1.165, 1.54) is 287 Å². The maximum Gasteiger partial charge on any atom is 0 e. The van der Waals surface area contributed by atoms with Crippen LogP contribution in [0.3, 0.4) is 0 Å². The molecule has 0 N–H and O–H groups in total. The van der Waals surface area contributed by atoms with E-state index >= 15 is 0 Å². The molecule has 3 heteroatoms. The molecule has 595 valence electrons. The molecule has 0 heterocycles. The Balaban J connectivity index is 0.000000120. The van der Waals surface area contributed by atoms with E-state index < -0.39 is 0 Å². The van der Waals surface area contributed by atoms with Crippen molar-refractivity contribution in [2.24, 2.45) is 154 Å². The fourth-order valence-electron chi connectivity index (χ4n) is 31.1. The van der Waals surface area contributed by atoms with Crippen LogP contribution in [-0.4, -0.2) is 0 Å². The fourth-order valence-corrected chi connectivity index (χ4v) is 31.1. The molecule has 21 rings (SSSR count). The summed E-state index contributed by atoms with van der Waals surface area (Å²) in [6.45, 7) is 0. The molecule has 0 aromatic heterocycles. The zero-order valence-electron chi connectivity index (χ0n) is 69.7. The van der Waals surface area contributed by atoms with Crippen LogP contribution in [0.5, 0.6) is 0 Å². The first-order chi connectivity index (χ1) is 50.6. The Morgan fingerprint density at radius 1 is 0.133 bits per heavy atom. The Morgan fingerprint density at radius 2 is 0.276 bits per heavy atom. The largest absolute Gasteiger partial charge is 0.326 e. The Labute approximate surface area is 732 Å². The van der Waals surface area contributed by atoms with Gasteiger partial charge in [-0.1, -0.05) is 295 Å². The first kappa shape index (κ1) is 89.1. The standard InChI is InChI=1S/2C14H24.3C13H22.2C12H20.C11H18.3Y/c1-2-6-11-10-12-7-4-5-9-14(12)13(11)8-3-1;1-2-5-9-13(8-4-1)12-14-10-6-3-7-11-14;1-3-7-12-10(5-1)9-11-6-2-4-8-13(11)12;1-2-5-10-9-11-6-4-8-13(11)12(10)7-3-1;1-3-7-12(8-4-1)11-13-9-5-2-6-10-13;1-2-6-11-9(4-1)8-10-5-3-7-12(10)11;1-2-6-11(7-3-1)10-12-8-4-5-9-12;1-3-8-7-9-4-2-6-11(9)10(8)5-1;;;/h11-14H,1-10H2;8,10,13-14H,1-7,9,11-12H2;2*10-13H,1-9H2;7,9,12-13H,1-6,8,10-11H2;9-12H,1-8H2;6,8,11-12H,1-5,7,9-10H2;8-11H,1-7H2;;;/q;-2;;;-2;;-2;;;;. The van der Waals surface area contributed by atoms with Gasteiger partial charge in [-0.15, -0.1) is 19.3 Å². The Hall–Kier alpha value is 3.31. The number of hydrogen-bond donors (Lipinski definition) is 0. The van der Waals surface area contributed by atoms with Gasteiger partial charge in [0.05, 0.1) is 0 Å². The van der Waals surface area contributed by atoms with Gasteiger partial charge >= 0.3 is 0 Å².